The average molecular weight is 394 g/mol. The molecule has 6 aliphatic carbocycles. The molecule has 2 nitrogen and oxygen atoms in total. The van der Waals surface area contributed by atoms with Crippen molar-refractivity contribution in [2.75, 3.05) is 0 Å². The number of carbonyl (C=O) groups excluding carboxylic acids is 2. The highest BCUT2D eigenvalue weighted by Gasteiger charge is 2.55. The van der Waals surface area contributed by atoms with E-state index in [1.54, 1.807) is 5.30 Å². The third-order valence-corrected chi connectivity index (χ3v) is 10.3. The van der Waals surface area contributed by atoms with E-state index in [-0.39, 0.29) is 17.0 Å². The fourth-order valence-corrected chi connectivity index (χ4v) is 9.43. The van der Waals surface area contributed by atoms with Gasteiger partial charge in [-0.3, -0.25) is 9.59 Å². The Kier molecular flexibility index (Phi) is 3.54. The fraction of sp³-hybridized carbons (Fsp3) is 0.720. The molecule has 1 aromatic rings. The number of Topliss-reactive ketones (excluding diaryl/α,β-unsaturated/α-hetero) is 2. The molecule has 4 bridgehead atoms. The number of fused-ring (bicyclic) bond motifs is 1. The molecule has 1 aromatic heterocycles. The third kappa shape index (κ3) is 2.43. The van der Waals surface area contributed by atoms with E-state index >= 15 is 0 Å². The van der Waals surface area contributed by atoms with Gasteiger partial charge in [-0.05, 0) is 96.8 Å². The Bertz CT molecular complexity index is 841. The third-order valence-electron chi connectivity index (χ3n) is 8.99. The second kappa shape index (κ2) is 5.57. The first-order valence-corrected chi connectivity index (χ1v) is 12.3. The molecule has 5 saturated carbocycles. The Hall–Kier alpha value is -1.01. The van der Waals surface area contributed by atoms with Gasteiger partial charge >= 0.3 is 0 Å². The summed E-state index contributed by atoms with van der Waals surface area (Å²) in [7, 11) is 1.35. The van der Waals surface area contributed by atoms with Gasteiger partial charge in [0, 0.05) is 18.3 Å². The highest BCUT2D eigenvalue weighted by molar-refractivity contribution is 7.30. The first-order chi connectivity index (χ1) is 13.3. The van der Waals surface area contributed by atoms with E-state index in [2.05, 4.69) is 25.7 Å². The standard InChI is InChI=1S/C25H31O2P/c1-23(2)12-20(26)25(21(27)13-23)10-18-6-22(28-14-19(18)11-25)24-7-15-3-16(8-24)5-17(4-15)9-24/h6,14-17H,3-5,7-13H2,1-2H3. The molecule has 0 unspecified atom stereocenters. The molecular weight excluding hydrogens is 363 g/mol. The maximum atomic E-state index is 13.1. The molecule has 1 heterocycles. The highest BCUT2D eigenvalue weighted by Crippen LogP contribution is 2.62. The largest absolute Gasteiger partial charge is 0.299 e. The Morgan fingerprint density at radius 3 is 1.93 bits per heavy atom. The molecule has 0 atom stereocenters. The predicted molar refractivity (Wildman–Crippen MR) is 112 cm³/mol. The maximum absolute atomic E-state index is 13.1. The van der Waals surface area contributed by atoms with E-state index in [0.717, 1.165) is 17.8 Å². The highest BCUT2D eigenvalue weighted by atomic mass is 31.0. The summed E-state index contributed by atoms with van der Waals surface area (Å²) in [5, 5.41) is 1.62. The Labute approximate surface area is 170 Å². The quantitative estimate of drug-likeness (QED) is 0.566. The van der Waals surface area contributed by atoms with Crippen molar-refractivity contribution in [3.8, 4) is 0 Å². The van der Waals surface area contributed by atoms with Crippen molar-refractivity contribution in [1.82, 2.24) is 0 Å². The smallest absolute Gasteiger partial charge is 0.147 e. The van der Waals surface area contributed by atoms with Gasteiger partial charge in [0.05, 0.1) is 5.41 Å². The van der Waals surface area contributed by atoms with E-state index in [9.17, 15) is 9.59 Å². The molecule has 3 heteroatoms. The van der Waals surface area contributed by atoms with Crippen molar-refractivity contribution in [1.29, 1.82) is 0 Å². The molecule has 1 spiro atoms. The molecule has 0 aliphatic heterocycles. The molecule has 0 radical (unpaired) electrons. The lowest BCUT2D eigenvalue weighted by Crippen LogP contribution is -2.48. The van der Waals surface area contributed by atoms with Crippen molar-refractivity contribution >= 4 is 19.8 Å². The van der Waals surface area contributed by atoms with Crippen LogP contribution >= 0.6 is 8.19 Å². The maximum Gasteiger partial charge on any atom is 0.147 e. The molecule has 28 heavy (non-hydrogen) atoms. The van der Waals surface area contributed by atoms with Gasteiger partial charge in [0.2, 0.25) is 0 Å². The van der Waals surface area contributed by atoms with Crippen LogP contribution in [-0.4, -0.2) is 11.6 Å². The first kappa shape index (κ1) is 17.8. The van der Waals surface area contributed by atoms with Gasteiger partial charge in [0.25, 0.3) is 0 Å². The van der Waals surface area contributed by atoms with Crippen LogP contribution in [0, 0.1) is 28.6 Å². The summed E-state index contributed by atoms with van der Waals surface area (Å²) >= 11 is 0. The summed E-state index contributed by atoms with van der Waals surface area (Å²) in [5.74, 6) is 5.65. The number of hydrogen-bond donors (Lipinski definition) is 0. The van der Waals surface area contributed by atoms with Crippen LogP contribution in [0.5, 0.6) is 0 Å². The SMILES string of the molecule is CC1(C)CC(=O)C2(Cc3cpc(C45CC6CC(CC(C6)C4)C5)cc3C2)C(=O)C1. The van der Waals surface area contributed by atoms with Gasteiger partial charge in [-0.2, -0.15) is 0 Å². The molecule has 0 amide bonds. The summed E-state index contributed by atoms with van der Waals surface area (Å²) in [5.41, 5.74) is 2.18. The molecule has 0 aromatic carbocycles. The van der Waals surface area contributed by atoms with Crippen molar-refractivity contribution in [2.24, 2.45) is 28.6 Å². The van der Waals surface area contributed by atoms with Crippen LogP contribution < -0.4 is 0 Å². The van der Waals surface area contributed by atoms with Crippen LogP contribution in [0.2, 0.25) is 0 Å². The average Bonchev–Trinajstić information content (AvgIpc) is 2.98. The minimum Gasteiger partial charge on any atom is -0.299 e. The molecule has 0 saturated heterocycles. The van der Waals surface area contributed by atoms with E-state index < -0.39 is 5.41 Å². The number of rotatable bonds is 1. The molecule has 7 rings (SSSR count). The number of carbonyl (C=O) groups is 2. The van der Waals surface area contributed by atoms with Gasteiger partial charge in [-0.15, -0.1) is 0 Å². The van der Waals surface area contributed by atoms with E-state index in [1.807, 2.05) is 0 Å². The van der Waals surface area contributed by atoms with Gasteiger partial charge in [-0.25, -0.2) is 0 Å². The zero-order valence-corrected chi connectivity index (χ0v) is 18.1. The summed E-state index contributed by atoms with van der Waals surface area (Å²) in [6, 6.07) is 2.47. The van der Waals surface area contributed by atoms with Crippen LogP contribution in [-0.2, 0) is 27.8 Å². The molecule has 5 fully saturated rings. The van der Waals surface area contributed by atoms with Crippen molar-refractivity contribution in [2.45, 2.75) is 83.5 Å². The molecule has 0 N–H and O–H groups in total. The molecule has 148 valence electrons. The second-order valence-electron chi connectivity index (χ2n) is 11.8. The lowest BCUT2D eigenvalue weighted by Gasteiger charge is -2.57. The van der Waals surface area contributed by atoms with Crippen molar-refractivity contribution < 1.29 is 9.59 Å². The Balaban J connectivity index is 1.34. The van der Waals surface area contributed by atoms with E-state index in [4.69, 9.17) is 0 Å². The second-order valence-corrected chi connectivity index (χ2v) is 12.8. The van der Waals surface area contributed by atoms with Gasteiger partial charge in [0.15, 0.2) is 0 Å². The normalized spacial score (nSPS) is 39.9. The summed E-state index contributed by atoms with van der Waals surface area (Å²) in [6.45, 7) is 4.13. The zero-order valence-electron chi connectivity index (χ0n) is 17.2. The van der Waals surface area contributed by atoms with Crippen LogP contribution in [0.15, 0.2) is 11.9 Å². The van der Waals surface area contributed by atoms with Gasteiger partial charge in [-0.1, -0.05) is 28.1 Å². The minimum absolute atomic E-state index is 0.162. The lowest BCUT2D eigenvalue weighted by atomic mass is 9.49. The topological polar surface area (TPSA) is 34.1 Å². The lowest BCUT2D eigenvalue weighted by molar-refractivity contribution is -0.147. The summed E-state index contributed by atoms with van der Waals surface area (Å²) < 4.78 is 0. The van der Waals surface area contributed by atoms with E-state index in [1.165, 1.54) is 57.8 Å². The zero-order chi connectivity index (χ0) is 19.3. The summed E-state index contributed by atoms with van der Waals surface area (Å²) in [4.78, 5) is 26.2. The van der Waals surface area contributed by atoms with E-state index in [0.29, 0.717) is 31.1 Å². The monoisotopic (exact) mass is 394 g/mol. The van der Waals surface area contributed by atoms with Crippen LogP contribution in [0.25, 0.3) is 0 Å². The minimum atomic E-state index is -0.723. The molecule has 6 aliphatic rings. The fourth-order valence-electron chi connectivity index (χ4n) is 8.10. The van der Waals surface area contributed by atoms with Crippen molar-refractivity contribution in [3.63, 3.8) is 0 Å². The van der Waals surface area contributed by atoms with Crippen LogP contribution in [0.4, 0.5) is 0 Å². The Morgan fingerprint density at radius 2 is 1.36 bits per heavy atom. The first-order valence-electron chi connectivity index (χ1n) is 11.3. The van der Waals surface area contributed by atoms with Gasteiger partial charge < -0.3 is 0 Å². The molecular formula is C25H31O2P. The van der Waals surface area contributed by atoms with Crippen molar-refractivity contribution in [3.05, 3.63) is 28.3 Å². The van der Waals surface area contributed by atoms with Crippen LogP contribution in [0.3, 0.4) is 0 Å². The summed E-state index contributed by atoms with van der Waals surface area (Å²) in [6.07, 6.45) is 11.1. The number of hydrogen-bond acceptors (Lipinski definition) is 2. The Morgan fingerprint density at radius 1 is 0.821 bits per heavy atom. The van der Waals surface area contributed by atoms with Crippen LogP contribution in [0.1, 0.15) is 81.6 Å². The van der Waals surface area contributed by atoms with Gasteiger partial charge in [0.1, 0.15) is 11.6 Å². The predicted octanol–water partition coefficient (Wildman–Crippen LogP) is 5.78. The number of ketones is 2.